The van der Waals surface area contributed by atoms with Crippen LogP contribution >= 0.6 is 11.8 Å². The van der Waals surface area contributed by atoms with Crippen LogP contribution in [0.15, 0.2) is 12.3 Å². The topological polar surface area (TPSA) is 88.6 Å². The molecule has 1 aromatic heterocycles. The molecule has 2 heterocycles. The number of ether oxygens (including phenoxy) is 1. The number of aromatic nitrogens is 1. The zero-order valence-corrected chi connectivity index (χ0v) is 14.1. The van der Waals surface area contributed by atoms with E-state index in [-0.39, 0.29) is 22.5 Å². The maximum atomic E-state index is 12.3. The van der Waals surface area contributed by atoms with E-state index in [9.17, 15) is 14.4 Å². The highest BCUT2D eigenvalue weighted by molar-refractivity contribution is 8.13. The van der Waals surface area contributed by atoms with Crippen LogP contribution in [0, 0.1) is 5.92 Å². The van der Waals surface area contributed by atoms with Crippen molar-refractivity contribution in [3.63, 3.8) is 0 Å². The van der Waals surface area contributed by atoms with Gasteiger partial charge in [-0.2, -0.15) is 0 Å². The van der Waals surface area contributed by atoms with Gasteiger partial charge in [-0.25, -0.2) is 9.78 Å². The summed E-state index contributed by atoms with van der Waals surface area (Å²) in [5.41, 5.74) is 0.839. The van der Waals surface area contributed by atoms with Crippen LogP contribution in [0.3, 0.4) is 0 Å². The minimum absolute atomic E-state index is 0.0422. The van der Waals surface area contributed by atoms with E-state index in [1.54, 1.807) is 18.0 Å². The van der Waals surface area contributed by atoms with E-state index in [1.807, 2.05) is 0 Å². The number of amides is 1. The average Bonchev–Trinajstić information content (AvgIpc) is 2.92. The maximum Gasteiger partial charge on any atom is 0.339 e. The smallest absolute Gasteiger partial charge is 0.339 e. The Hall–Kier alpha value is -2.09. The first-order chi connectivity index (χ1) is 11.0. The molecule has 8 heteroatoms. The number of hydrogen-bond acceptors (Lipinski definition) is 7. The summed E-state index contributed by atoms with van der Waals surface area (Å²) >= 11 is 1.23. The van der Waals surface area contributed by atoms with Crippen molar-refractivity contribution in [2.75, 3.05) is 36.7 Å². The molecule has 124 valence electrons. The van der Waals surface area contributed by atoms with E-state index < -0.39 is 5.97 Å². The van der Waals surface area contributed by atoms with Crippen molar-refractivity contribution in [2.24, 2.45) is 5.92 Å². The second kappa shape index (κ2) is 7.45. The van der Waals surface area contributed by atoms with Crippen LogP contribution in [-0.2, 0) is 14.3 Å². The third-order valence-corrected chi connectivity index (χ3v) is 4.59. The number of carbonyl (C=O) groups excluding carboxylic acids is 3. The van der Waals surface area contributed by atoms with Crippen molar-refractivity contribution >= 4 is 40.3 Å². The fraction of sp³-hybridized carbons (Fsp3) is 0.467. The molecule has 1 N–H and O–H groups in total. The molecule has 0 aliphatic carbocycles. The molecule has 2 rings (SSSR count). The molecule has 0 spiro atoms. The minimum atomic E-state index is -0.503. The molecular formula is C15H19N3O4S. The molecular weight excluding hydrogens is 318 g/mol. The van der Waals surface area contributed by atoms with Gasteiger partial charge in [0, 0.05) is 38.9 Å². The highest BCUT2D eigenvalue weighted by atomic mass is 32.2. The van der Waals surface area contributed by atoms with Crippen molar-refractivity contribution in [2.45, 2.75) is 13.3 Å². The lowest BCUT2D eigenvalue weighted by atomic mass is 10.1. The number of thioether (sulfide) groups is 1. The average molecular weight is 337 g/mol. The Kier molecular flexibility index (Phi) is 5.59. The molecule has 0 aromatic carbocycles. The lowest BCUT2D eigenvalue weighted by Crippen LogP contribution is -2.26. The van der Waals surface area contributed by atoms with Crippen LogP contribution in [0.1, 0.15) is 23.7 Å². The number of nitrogens with one attached hydrogen (secondary N) is 1. The van der Waals surface area contributed by atoms with Gasteiger partial charge in [0.2, 0.25) is 5.91 Å². The summed E-state index contributed by atoms with van der Waals surface area (Å²) in [6.07, 6.45) is 1.79. The lowest BCUT2D eigenvalue weighted by molar-refractivity contribution is -0.117. The first-order valence-corrected chi connectivity index (χ1v) is 8.14. The molecule has 0 radical (unpaired) electrons. The summed E-state index contributed by atoms with van der Waals surface area (Å²) in [6, 6.07) is 1.60. The summed E-state index contributed by atoms with van der Waals surface area (Å²) in [6.45, 7) is 2.02. The molecule has 1 atom stereocenters. The largest absolute Gasteiger partial charge is 0.465 e. The number of methoxy groups -OCH3 is 1. The first kappa shape index (κ1) is 17.3. The molecule has 7 nitrogen and oxygen atoms in total. The van der Waals surface area contributed by atoms with Gasteiger partial charge in [-0.3, -0.25) is 9.59 Å². The maximum absolute atomic E-state index is 12.3. The number of carbonyl (C=O) groups is 3. The van der Waals surface area contributed by atoms with E-state index >= 15 is 0 Å². The van der Waals surface area contributed by atoms with Gasteiger partial charge in [0.25, 0.3) is 0 Å². The van der Waals surface area contributed by atoms with E-state index in [0.29, 0.717) is 30.2 Å². The molecule has 1 aliphatic heterocycles. The molecule has 1 amide bonds. The van der Waals surface area contributed by atoms with Crippen molar-refractivity contribution in [1.82, 2.24) is 4.98 Å². The Balaban J connectivity index is 2.24. The van der Waals surface area contributed by atoms with Gasteiger partial charge in [-0.15, -0.1) is 0 Å². The standard InChI is InChI=1S/C15H19N3O4S/c1-9(19)23-8-10-4-13(20)18(7-10)12-5-11(15(21)22-3)6-17-14(12)16-2/h5-6,10H,4,7-8H2,1-3H3,(H,16,17). The quantitative estimate of drug-likeness (QED) is 0.815. The van der Waals surface area contributed by atoms with Gasteiger partial charge in [-0.05, 0) is 12.0 Å². The number of hydrogen-bond donors (Lipinski definition) is 1. The molecule has 23 heavy (non-hydrogen) atoms. The zero-order chi connectivity index (χ0) is 17.0. The minimum Gasteiger partial charge on any atom is -0.465 e. The fourth-order valence-electron chi connectivity index (χ4n) is 2.44. The number of esters is 1. The highest BCUT2D eigenvalue weighted by Crippen LogP contribution is 2.32. The Morgan fingerprint density at radius 2 is 2.26 bits per heavy atom. The molecule has 0 bridgehead atoms. The number of anilines is 2. The van der Waals surface area contributed by atoms with Crippen LogP contribution in [0.5, 0.6) is 0 Å². The molecule has 1 unspecified atom stereocenters. The third kappa shape index (κ3) is 4.01. The zero-order valence-electron chi connectivity index (χ0n) is 13.3. The van der Waals surface area contributed by atoms with Crippen molar-refractivity contribution < 1.29 is 19.1 Å². The number of rotatable bonds is 5. The van der Waals surface area contributed by atoms with Crippen LogP contribution < -0.4 is 10.2 Å². The van der Waals surface area contributed by atoms with E-state index in [4.69, 9.17) is 4.74 Å². The van der Waals surface area contributed by atoms with Crippen molar-refractivity contribution in [3.05, 3.63) is 17.8 Å². The van der Waals surface area contributed by atoms with Gasteiger partial charge in [0.05, 0.1) is 18.4 Å². The van der Waals surface area contributed by atoms with E-state index in [2.05, 4.69) is 10.3 Å². The van der Waals surface area contributed by atoms with Gasteiger partial charge in [-0.1, -0.05) is 11.8 Å². The summed E-state index contributed by atoms with van der Waals surface area (Å²) in [5.74, 6) is 0.682. The monoisotopic (exact) mass is 337 g/mol. The van der Waals surface area contributed by atoms with Crippen molar-refractivity contribution in [3.8, 4) is 0 Å². The number of pyridine rings is 1. The summed E-state index contributed by atoms with van der Waals surface area (Å²) in [4.78, 5) is 40.9. The van der Waals surface area contributed by atoms with Gasteiger partial charge < -0.3 is 15.0 Å². The van der Waals surface area contributed by atoms with Crippen LogP contribution in [0.2, 0.25) is 0 Å². The third-order valence-electron chi connectivity index (χ3n) is 3.54. The van der Waals surface area contributed by atoms with Gasteiger partial charge >= 0.3 is 5.97 Å². The fourth-order valence-corrected chi connectivity index (χ4v) is 3.14. The van der Waals surface area contributed by atoms with Crippen molar-refractivity contribution in [1.29, 1.82) is 0 Å². The van der Waals surface area contributed by atoms with E-state index in [1.165, 1.54) is 32.0 Å². The molecule has 0 saturated carbocycles. The Morgan fingerprint density at radius 3 is 2.87 bits per heavy atom. The van der Waals surface area contributed by atoms with Gasteiger partial charge in [0.15, 0.2) is 5.12 Å². The highest BCUT2D eigenvalue weighted by Gasteiger charge is 2.32. The molecule has 1 fully saturated rings. The van der Waals surface area contributed by atoms with Crippen LogP contribution in [0.25, 0.3) is 0 Å². The first-order valence-electron chi connectivity index (χ1n) is 7.16. The predicted octanol–water partition coefficient (Wildman–Crippen LogP) is 1.54. The van der Waals surface area contributed by atoms with Crippen LogP contribution in [-0.4, -0.2) is 48.4 Å². The molecule has 1 saturated heterocycles. The summed E-state index contributed by atoms with van der Waals surface area (Å²) in [5, 5.41) is 2.97. The van der Waals surface area contributed by atoms with Gasteiger partial charge in [0.1, 0.15) is 5.82 Å². The lowest BCUT2D eigenvalue weighted by Gasteiger charge is -2.20. The van der Waals surface area contributed by atoms with E-state index in [0.717, 1.165) is 0 Å². The second-order valence-electron chi connectivity index (χ2n) is 5.21. The Morgan fingerprint density at radius 1 is 1.52 bits per heavy atom. The normalized spacial score (nSPS) is 17.3. The number of nitrogens with zero attached hydrogens (tertiary/aromatic N) is 2. The second-order valence-corrected chi connectivity index (χ2v) is 6.41. The Bertz CT molecular complexity index is 635. The van der Waals surface area contributed by atoms with Crippen LogP contribution in [0.4, 0.5) is 11.5 Å². The summed E-state index contributed by atoms with van der Waals surface area (Å²) < 4.78 is 4.70. The Labute approximate surface area is 138 Å². The SMILES string of the molecule is CNc1ncc(C(=O)OC)cc1N1CC(CSC(C)=O)CC1=O. The predicted molar refractivity (Wildman–Crippen MR) is 88.7 cm³/mol. The molecule has 1 aromatic rings. The molecule has 1 aliphatic rings. The summed E-state index contributed by atoms with van der Waals surface area (Å²) in [7, 11) is 3.00.